The second kappa shape index (κ2) is 9.85. The van der Waals surface area contributed by atoms with Crippen LogP contribution in [-0.4, -0.2) is 21.9 Å². The van der Waals surface area contributed by atoms with Gasteiger partial charge in [-0.2, -0.15) is 0 Å². The molecule has 0 bridgehead atoms. The van der Waals surface area contributed by atoms with E-state index in [2.05, 4.69) is 15.5 Å². The second-order valence-electron chi connectivity index (χ2n) is 7.40. The largest absolute Gasteiger partial charge is 0.444 e. The van der Waals surface area contributed by atoms with Crippen LogP contribution in [0.25, 0.3) is 0 Å². The summed E-state index contributed by atoms with van der Waals surface area (Å²) < 4.78 is 11.1. The highest BCUT2D eigenvalue weighted by molar-refractivity contribution is 7.98. The Kier molecular flexibility index (Phi) is 8.04. The van der Waals surface area contributed by atoms with Crippen molar-refractivity contribution in [2.45, 2.75) is 63.7 Å². The number of halogens is 2. The number of ether oxygens (including phenoxy) is 1. The molecule has 0 saturated heterocycles. The standard InChI is InChI=1S/C19H25Cl2N3O3S/c1-6-11(2)15(22-17(25)27-19(3,4)5)16-23-24-18(26-16)28-10-12-13(20)8-7-9-14(12)21/h7-9,11,15H,6,10H2,1-5H3,(H,22,25)/t11-,15+/m1/s1. The molecule has 0 spiro atoms. The zero-order valence-electron chi connectivity index (χ0n) is 16.6. The molecule has 1 amide bonds. The first-order valence-electron chi connectivity index (χ1n) is 8.99. The number of hydrogen-bond acceptors (Lipinski definition) is 6. The fourth-order valence-corrected chi connectivity index (χ4v) is 3.84. The molecule has 2 aromatic rings. The smallest absolute Gasteiger partial charge is 0.408 e. The molecule has 0 fully saturated rings. The summed E-state index contributed by atoms with van der Waals surface area (Å²) in [6, 6.07) is 4.92. The van der Waals surface area contributed by atoms with Gasteiger partial charge in [-0.3, -0.25) is 0 Å². The second-order valence-corrected chi connectivity index (χ2v) is 9.15. The van der Waals surface area contributed by atoms with Crippen molar-refractivity contribution in [1.82, 2.24) is 15.5 Å². The molecule has 2 atom stereocenters. The number of rotatable bonds is 7. The van der Waals surface area contributed by atoms with Crippen LogP contribution in [0.5, 0.6) is 0 Å². The lowest BCUT2D eigenvalue weighted by Gasteiger charge is -2.24. The van der Waals surface area contributed by atoms with Gasteiger partial charge >= 0.3 is 6.09 Å². The summed E-state index contributed by atoms with van der Waals surface area (Å²) >= 11 is 13.7. The number of hydrogen-bond donors (Lipinski definition) is 1. The van der Waals surface area contributed by atoms with E-state index in [1.807, 2.05) is 34.6 Å². The molecule has 154 valence electrons. The predicted octanol–water partition coefficient (Wildman–Crippen LogP) is 6.28. The van der Waals surface area contributed by atoms with Gasteiger partial charge < -0.3 is 14.5 Å². The summed E-state index contributed by atoms with van der Waals surface area (Å²) in [5.74, 6) is 0.921. The first kappa shape index (κ1) is 22.8. The van der Waals surface area contributed by atoms with Gasteiger partial charge in [-0.15, -0.1) is 10.2 Å². The third kappa shape index (κ3) is 6.57. The van der Waals surface area contributed by atoms with Gasteiger partial charge in [0.1, 0.15) is 11.6 Å². The van der Waals surface area contributed by atoms with E-state index in [4.69, 9.17) is 32.4 Å². The Hall–Kier alpha value is -1.44. The lowest BCUT2D eigenvalue weighted by molar-refractivity contribution is 0.0474. The van der Waals surface area contributed by atoms with Crippen LogP contribution >= 0.6 is 35.0 Å². The highest BCUT2D eigenvalue weighted by atomic mass is 35.5. The number of carbonyl (C=O) groups excluding carboxylic acids is 1. The van der Waals surface area contributed by atoms with Crippen LogP contribution in [0.4, 0.5) is 4.79 Å². The summed E-state index contributed by atoms with van der Waals surface area (Å²) in [5.41, 5.74) is 0.217. The topological polar surface area (TPSA) is 77.2 Å². The van der Waals surface area contributed by atoms with Gasteiger partial charge in [-0.1, -0.05) is 61.3 Å². The summed E-state index contributed by atoms with van der Waals surface area (Å²) in [7, 11) is 0. The van der Waals surface area contributed by atoms with Crippen molar-refractivity contribution in [3.8, 4) is 0 Å². The maximum Gasteiger partial charge on any atom is 0.408 e. The molecule has 0 aliphatic rings. The first-order valence-corrected chi connectivity index (χ1v) is 10.7. The highest BCUT2D eigenvalue weighted by Gasteiger charge is 2.28. The SMILES string of the molecule is CC[C@@H](C)[C@H](NC(=O)OC(C)(C)C)c1nnc(SCc2c(Cl)cccc2Cl)o1. The Bertz CT molecular complexity index is 788. The number of nitrogens with one attached hydrogen (secondary N) is 1. The molecule has 1 aromatic heterocycles. The number of thioether (sulfide) groups is 1. The molecule has 1 heterocycles. The van der Waals surface area contributed by atoms with Gasteiger partial charge in [-0.25, -0.2) is 4.79 Å². The van der Waals surface area contributed by atoms with Crippen molar-refractivity contribution in [2.75, 3.05) is 0 Å². The Balaban J connectivity index is 2.10. The van der Waals surface area contributed by atoms with Crippen LogP contribution in [0.3, 0.4) is 0 Å². The molecular formula is C19H25Cl2N3O3S. The van der Waals surface area contributed by atoms with Crippen molar-refractivity contribution >= 4 is 41.1 Å². The molecular weight excluding hydrogens is 421 g/mol. The van der Waals surface area contributed by atoms with Crippen LogP contribution in [0.15, 0.2) is 27.8 Å². The van der Waals surface area contributed by atoms with Crippen molar-refractivity contribution in [2.24, 2.45) is 5.92 Å². The summed E-state index contributed by atoms with van der Waals surface area (Å²) in [5, 5.41) is 12.6. The van der Waals surface area contributed by atoms with Crippen molar-refractivity contribution in [3.05, 3.63) is 39.7 Å². The maximum atomic E-state index is 12.2. The quantitative estimate of drug-likeness (QED) is 0.505. The van der Waals surface area contributed by atoms with E-state index in [9.17, 15) is 4.79 Å². The molecule has 0 aliphatic heterocycles. The molecule has 6 nitrogen and oxygen atoms in total. The van der Waals surface area contributed by atoms with Gasteiger partial charge in [0.2, 0.25) is 5.89 Å². The highest BCUT2D eigenvalue weighted by Crippen LogP contribution is 2.32. The van der Waals surface area contributed by atoms with E-state index in [-0.39, 0.29) is 5.92 Å². The Morgan fingerprint density at radius 2 is 1.93 bits per heavy atom. The zero-order chi connectivity index (χ0) is 20.9. The summed E-state index contributed by atoms with van der Waals surface area (Å²) in [6.45, 7) is 9.47. The van der Waals surface area contributed by atoms with Gasteiger partial charge in [0.25, 0.3) is 5.22 Å². The average Bonchev–Trinajstić information content (AvgIpc) is 3.05. The molecule has 9 heteroatoms. The average molecular weight is 446 g/mol. The minimum absolute atomic E-state index is 0.0869. The molecule has 0 aliphatic carbocycles. The van der Waals surface area contributed by atoms with Gasteiger partial charge in [-0.05, 0) is 44.4 Å². The normalized spacial score (nSPS) is 13.8. The monoisotopic (exact) mass is 445 g/mol. The lowest BCUT2D eigenvalue weighted by atomic mass is 9.99. The van der Waals surface area contributed by atoms with Crippen LogP contribution in [0.1, 0.15) is 58.5 Å². The summed E-state index contributed by atoms with van der Waals surface area (Å²) in [4.78, 5) is 12.2. The number of carbonyl (C=O) groups is 1. The third-order valence-corrected chi connectivity index (χ3v) is 5.53. The summed E-state index contributed by atoms with van der Waals surface area (Å²) in [6.07, 6.45) is 0.300. The molecule has 1 N–H and O–H groups in total. The van der Waals surface area contributed by atoms with Crippen molar-refractivity contribution in [1.29, 1.82) is 0 Å². The number of benzene rings is 1. The molecule has 1 aromatic carbocycles. The fraction of sp³-hybridized carbons (Fsp3) is 0.526. The zero-order valence-corrected chi connectivity index (χ0v) is 18.9. The van der Waals surface area contributed by atoms with Gasteiger partial charge in [0.05, 0.1) is 0 Å². The van der Waals surface area contributed by atoms with Crippen molar-refractivity contribution in [3.63, 3.8) is 0 Å². The number of amides is 1. The minimum atomic E-state index is -0.589. The van der Waals surface area contributed by atoms with E-state index in [0.29, 0.717) is 26.9 Å². The van der Waals surface area contributed by atoms with Crippen LogP contribution in [0.2, 0.25) is 10.0 Å². The number of nitrogens with zero attached hydrogens (tertiary/aromatic N) is 2. The fourth-order valence-electron chi connectivity index (χ4n) is 2.33. The molecule has 0 unspecified atom stereocenters. The maximum absolute atomic E-state index is 12.2. The van der Waals surface area contributed by atoms with Gasteiger partial charge in [0, 0.05) is 15.8 Å². The molecule has 28 heavy (non-hydrogen) atoms. The van der Waals surface area contributed by atoms with E-state index in [1.54, 1.807) is 18.2 Å². The Labute approximate surface area is 179 Å². The van der Waals surface area contributed by atoms with E-state index in [0.717, 1.165) is 12.0 Å². The first-order chi connectivity index (χ1) is 13.1. The molecule has 0 radical (unpaired) electrons. The minimum Gasteiger partial charge on any atom is -0.444 e. The van der Waals surface area contributed by atoms with Crippen LogP contribution < -0.4 is 5.32 Å². The predicted molar refractivity (Wildman–Crippen MR) is 112 cm³/mol. The van der Waals surface area contributed by atoms with Crippen LogP contribution in [0, 0.1) is 5.92 Å². The lowest BCUT2D eigenvalue weighted by Crippen LogP contribution is -2.37. The van der Waals surface area contributed by atoms with Crippen LogP contribution in [-0.2, 0) is 10.5 Å². The Morgan fingerprint density at radius 1 is 1.29 bits per heavy atom. The number of aromatic nitrogens is 2. The van der Waals surface area contributed by atoms with E-state index < -0.39 is 17.7 Å². The third-order valence-electron chi connectivity index (χ3n) is 3.98. The molecule has 2 rings (SSSR count). The van der Waals surface area contributed by atoms with Gasteiger partial charge in [0.15, 0.2) is 0 Å². The Morgan fingerprint density at radius 3 is 2.50 bits per heavy atom. The number of alkyl carbamates (subject to hydrolysis) is 1. The van der Waals surface area contributed by atoms with E-state index in [1.165, 1.54) is 11.8 Å². The van der Waals surface area contributed by atoms with E-state index >= 15 is 0 Å². The molecule has 0 saturated carbocycles. The van der Waals surface area contributed by atoms with Crippen molar-refractivity contribution < 1.29 is 13.9 Å².